The highest BCUT2D eigenvalue weighted by atomic mass is 19.1. The van der Waals surface area contributed by atoms with E-state index in [4.69, 9.17) is 9.72 Å². The van der Waals surface area contributed by atoms with Crippen LogP contribution in [0.2, 0.25) is 0 Å². The van der Waals surface area contributed by atoms with Crippen molar-refractivity contribution in [2.45, 2.75) is 53.2 Å². The monoisotopic (exact) mass is 445 g/mol. The van der Waals surface area contributed by atoms with Crippen molar-refractivity contribution in [1.29, 1.82) is 0 Å². The minimum atomic E-state index is -0.302. The number of hydrogen-bond donors (Lipinski definition) is 1. The number of aromatic nitrogens is 2. The SMILES string of the molecule is CC(C)(C)CC(C)(C)Nc1c(-c2ccccc2F)nc2c(OCc3ccccc3)cccn12. The predicted molar refractivity (Wildman–Crippen MR) is 133 cm³/mol. The van der Waals surface area contributed by atoms with Gasteiger partial charge in [-0.2, -0.15) is 0 Å². The second-order valence-electron chi connectivity index (χ2n) is 10.4. The van der Waals surface area contributed by atoms with E-state index in [0.29, 0.717) is 29.3 Å². The highest BCUT2D eigenvalue weighted by molar-refractivity contribution is 5.79. The van der Waals surface area contributed by atoms with E-state index in [1.165, 1.54) is 6.07 Å². The Labute approximate surface area is 195 Å². The standard InChI is InChI=1S/C28H32FN3O/c1-27(2,3)19-28(4,5)31-26-24(21-14-9-10-15-22(21)29)30-25-23(16-11-17-32(25)26)33-18-20-12-7-6-8-13-20/h6-17,31H,18-19H2,1-5H3. The third kappa shape index (κ3) is 5.36. The van der Waals surface area contributed by atoms with Crippen LogP contribution in [0.4, 0.5) is 10.2 Å². The summed E-state index contributed by atoms with van der Waals surface area (Å²) in [4.78, 5) is 4.87. The van der Waals surface area contributed by atoms with Crippen molar-refractivity contribution in [2.75, 3.05) is 5.32 Å². The van der Waals surface area contributed by atoms with Gasteiger partial charge < -0.3 is 10.1 Å². The molecule has 0 saturated carbocycles. The molecule has 4 aromatic rings. The van der Waals surface area contributed by atoms with Crippen molar-refractivity contribution in [1.82, 2.24) is 9.38 Å². The average molecular weight is 446 g/mol. The van der Waals surface area contributed by atoms with Gasteiger partial charge in [0.25, 0.3) is 0 Å². The fraction of sp³-hybridized carbons (Fsp3) is 0.321. The van der Waals surface area contributed by atoms with E-state index in [2.05, 4.69) is 39.9 Å². The minimum absolute atomic E-state index is 0.124. The Kier molecular flexibility index (Phi) is 6.15. The zero-order valence-corrected chi connectivity index (χ0v) is 20.0. The van der Waals surface area contributed by atoms with Crippen molar-refractivity contribution >= 4 is 11.5 Å². The quantitative estimate of drug-likeness (QED) is 0.323. The second-order valence-corrected chi connectivity index (χ2v) is 10.4. The molecule has 0 saturated heterocycles. The van der Waals surface area contributed by atoms with E-state index in [9.17, 15) is 4.39 Å². The van der Waals surface area contributed by atoms with Gasteiger partial charge in [0.05, 0.1) is 0 Å². The highest BCUT2D eigenvalue weighted by Gasteiger charge is 2.29. The van der Waals surface area contributed by atoms with Gasteiger partial charge in [-0.15, -0.1) is 0 Å². The topological polar surface area (TPSA) is 38.6 Å². The van der Waals surface area contributed by atoms with Crippen molar-refractivity contribution < 1.29 is 9.13 Å². The summed E-state index contributed by atoms with van der Waals surface area (Å²) in [7, 11) is 0. The van der Waals surface area contributed by atoms with E-state index in [-0.39, 0.29) is 16.8 Å². The molecule has 2 aromatic heterocycles. The number of ether oxygens (including phenoxy) is 1. The maximum atomic E-state index is 14.8. The van der Waals surface area contributed by atoms with Gasteiger partial charge in [-0.3, -0.25) is 4.40 Å². The van der Waals surface area contributed by atoms with Crippen molar-refractivity contribution in [3.05, 3.63) is 84.3 Å². The molecule has 0 aliphatic carbocycles. The fourth-order valence-electron chi connectivity index (χ4n) is 4.54. The van der Waals surface area contributed by atoms with Gasteiger partial charge in [0.2, 0.25) is 0 Å². The van der Waals surface area contributed by atoms with Crippen LogP contribution in [0.25, 0.3) is 16.9 Å². The molecule has 0 bridgehead atoms. The van der Waals surface area contributed by atoms with E-state index in [1.54, 1.807) is 12.1 Å². The number of rotatable bonds is 7. The molecule has 0 radical (unpaired) electrons. The first-order chi connectivity index (χ1) is 15.6. The zero-order valence-electron chi connectivity index (χ0n) is 20.0. The molecule has 4 nitrogen and oxygen atoms in total. The number of fused-ring (bicyclic) bond motifs is 1. The van der Waals surface area contributed by atoms with Crippen LogP contribution in [0.3, 0.4) is 0 Å². The molecule has 0 unspecified atom stereocenters. The molecular weight excluding hydrogens is 413 g/mol. The number of benzene rings is 2. The summed E-state index contributed by atoms with van der Waals surface area (Å²) in [6, 6.07) is 20.6. The Morgan fingerprint density at radius 3 is 2.30 bits per heavy atom. The van der Waals surface area contributed by atoms with E-state index < -0.39 is 0 Å². The third-order valence-corrected chi connectivity index (χ3v) is 5.41. The fourth-order valence-corrected chi connectivity index (χ4v) is 4.54. The number of halogens is 1. The predicted octanol–water partition coefficient (Wildman–Crippen LogP) is 7.35. The third-order valence-electron chi connectivity index (χ3n) is 5.41. The van der Waals surface area contributed by atoms with Gasteiger partial charge in [-0.25, -0.2) is 9.37 Å². The maximum absolute atomic E-state index is 14.8. The van der Waals surface area contributed by atoms with Crippen LogP contribution in [-0.4, -0.2) is 14.9 Å². The summed E-state index contributed by atoms with van der Waals surface area (Å²) < 4.78 is 23.0. The zero-order chi connectivity index (χ0) is 23.6. The smallest absolute Gasteiger partial charge is 0.181 e. The number of hydrogen-bond acceptors (Lipinski definition) is 3. The normalized spacial score (nSPS) is 12.2. The van der Waals surface area contributed by atoms with Crippen LogP contribution in [-0.2, 0) is 6.61 Å². The summed E-state index contributed by atoms with van der Waals surface area (Å²) in [5.41, 5.74) is 2.65. The molecule has 172 valence electrons. The lowest BCUT2D eigenvalue weighted by Gasteiger charge is -2.34. The highest BCUT2D eigenvalue weighted by Crippen LogP contribution is 2.37. The lowest BCUT2D eigenvalue weighted by molar-refractivity contribution is 0.301. The maximum Gasteiger partial charge on any atom is 0.181 e. The first kappa shape index (κ1) is 22.8. The van der Waals surface area contributed by atoms with Crippen LogP contribution >= 0.6 is 0 Å². The number of nitrogens with one attached hydrogen (secondary N) is 1. The molecule has 0 fully saturated rings. The molecule has 0 aliphatic rings. The molecular formula is C28H32FN3O. The van der Waals surface area contributed by atoms with Crippen LogP contribution < -0.4 is 10.1 Å². The van der Waals surface area contributed by atoms with Crippen molar-refractivity contribution in [2.24, 2.45) is 5.41 Å². The van der Waals surface area contributed by atoms with Crippen LogP contribution in [0.1, 0.15) is 46.6 Å². The molecule has 0 spiro atoms. The number of nitrogens with zero attached hydrogens (tertiary/aromatic N) is 2. The first-order valence-electron chi connectivity index (χ1n) is 11.3. The van der Waals surface area contributed by atoms with Crippen LogP contribution in [0, 0.1) is 11.2 Å². The van der Waals surface area contributed by atoms with Crippen molar-refractivity contribution in [3.63, 3.8) is 0 Å². The number of pyridine rings is 1. The molecule has 33 heavy (non-hydrogen) atoms. The molecule has 1 N–H and O–H groups in total. The summed E-state index contributed by atoms with van der Waals surface area (Å²) in [6.45, 7) is 11.4. The van der Waals surface area contributed by atoms with Crippen LogP contribution in [0.15, 0.2) is 72.9 Å². The summed E-state index contributed by atoms with van der Waals surface area (Å²) in [5.74, 6) is 1.11. The lowest BCUT2D eigenvalue weighted by Crippen LogP contribution is -2.36. The Hall–Kier alpha value is -3.34. The molecule has 0 amide bonds. The van der Waals surface area contributed by atoms with Gasteiger partial charge in [-0.05, 0) is 55.5 Å². The molecule has 2 heterocycles. The lowest BCUT2D eigenvalue weighted by atomic mass is 9.82. The van der Waals surface area contributed by atoms with Gasteiger partial charge in [-0.1, -0.05) is 63.2 Å². The molecule has 4 rings (SSSR count). The molecule has 0 atom stereocenters. The molecule has 2 aromatic carbocycles. The van der Waals surface area contributed by atoms with E-state index in [0.717, 1.165) is 17.8 Å². The minimum Gasteiger partial charge on any atom is -0.485 e. The average Bonchev–Trinajstić information content (AvgIpc) is 3.09. The largest absolute Gasteiger partial charge is 0.485 e. The van der Waals surface area contributed by atoms with Crippen molar-refractivity contribution in [3.8, 4) is 17.0 Å². The molecule has 5 heteroatoms. The summed E-state index contributed by atoms with van der Waals surface area (Å²) >= 11 is 0. The molecule has 0 aliphatic heterocycles. The number of anilines is 1. The Morgan fingerprint density at radius 2 is 1.61 bits per heavy atom. The van der Waals surface area contributed by atoms with Gasteiger partial charge in [0.15, 0.2) is 11.4 Å². The first-order valence-corrected chi connectivity index (χ1v) is 11.3. The van der Waals surface area contributed by atoms with Gasteiger partial charge >= 0.3 is 0 Å². The summed E-state index contributed by atoms with van der Waals surface area (Å²) in [6.07, 6.45) is 2.87. The van der Waals surface area contributed by atoms with Gasteiger partial charge in [0.1, 0.15) is 23.9 Å². The second kappa shape index (κ2) is 8.89. The summed E-state index contributed by atoms with van der Waals surface area (Å²) in [5, 5.41) is 3.67. The van der Waals surface area contributed by atoms with Gasteiger partial charge in [0, 0.05) is 17.3 Å². The number of imidazole rings is 1. The Morgan fingerprint density at radius 1 is 0.909 bits per heavy atom. The van der Waals surface area contributed by atoms with Crippen LogP contribution in [0.5, 0.6) is 5.75 Å². The Balaban J connectivity index is 1.80. The van der Waals surface area contributed by atoms with E-state index >= 15 is 0 Å². The van der Waals surface area contributed by atoms with E-state index in [1.807, 2.05) is 59.1 Å². The Bertz CT molecular complexity index is 1240.